The molecule has 0 spiro atoms. The molecule has 0 aliphatic heterocycles. The van der Waals surface area contributed by atoms with Crippen LogP contribution in [0.3, 0.4) is 0 Å². The van der Waals surface area contributed by atoms with Gasteiger partial charge in [0.25, 0.3) is 0 Å². The summed E-state index contributed by atoms with van der Waals surface area (Å²) in [6.07, 6.45) is 0. The molecule has 3 heteroatoms. The fourth-order valence-electron chi connectivity index (χ4n) is 0. The van der Waals surface area contributed by atoms with Crippen LogP contribution in [0.25, 0.3) is 0 Å². The fourth-order valence-corrected chi connectivity index (χ4v) is 0. The topological polar surface area (TPSA) is 37.3 Å². The first-order valence-corrected chi connectivity index (χ1v) is 0.428. The molecule has 0 fully saturated rings. The Kier molecular flexibility index (Phi) is 6.98. The molecule has 0 atom stereocenters. The second-order valence-electron chi connectivity index (χ2n) is 0.0913. The van der Waals surface area contributed by atoms with Gasteiger partial charge in [-0.2, -0.15) is 0 Å². The van der Waals surface area contributed by atoms with Crippen molar-refractivity contribution in [3.8, 4) is 0 Å². The quantitative estimate of drug-likeness (QED) is 0.618. The van der Waals surface area contributed by atoms with Crippen LogP contribution < -0.4 is 0 Å². The summed E-state index contributed by atoms with van der Waals surface area (Å²) in [5.41, 5.74) is 0. The van der Waals surface area contributed by atoms with E-state index in [0.29, 0.717) is 6.47 Å². The first kappa shape index (κ1) is 24.2. The molecule has 0 aromatic carbocycles. The maximum absolute atomic E-state index is 8.24. The van der Waals surface area contributed by atoms with Gasteiger partial charge in [-0.15, -0.1) is 0 Å². The van der Waals surface area contributed by atoms with E-state index in [1.54, 1.807) is 0 Å². The molecule has 4 heavy (non-hydrogen) atoms. The Morgan fingerprint density at radius 3 is 1.75 bits per heavy atom. The summed E-state index contributed by atoms with van der Waals surface area (Å²) in [6, 6.07) is 0. The minimum Gasteiger partial charge on any atom is -0.665 e. The van der Waals surface area contributed by atoms with E-state index in [9.17, 15) is 0 Å². The van der Waals surface area contributed by atoms with E-state index >= 15 is 0 Å². The molecule has 0 radical (unpaired) electrons. The van der Waals surface area contributed by atoms with Crippen molar-refractivity contribution in [3.05, 3.63) is 0 Å². The third-order valence-corrected chi connectivity index (χ3v) is 0. The number of rotatable bonds is 0. The average molecular weight is 292 g/mol. The van der Waals surface area contributed by atoms with Crippen LogP contribution >= 0.6 is 0 Å². The van der Waals surface area contributed by atoms with Gasteiger partial charge in [0, 0.05) is 0 Å². The largest absolute Gasteiger partial charge is 0.665 e. The summed E-state index contributed by atoms with van der Waals surface area (Å²) in [7, 11) is 0. The molecule has 0 rings (SSSR count). The van der Waals surface area contributed by atoms with Gasteiger partial charge in [0.05, 0.1) is 0 Å². The molecule has 0 amide bonds. The Hall–Kier alpha value is -1.53. The van der Waals surface area contributed by atoms with Crippen LogP contribution in [0.1, 0.15) is 0 Å². The van der Waals surface area contributed by atoms with Gasteiger partial charge >= 0.3 is 0 Å². The van der Waals surface area contributed by atoms with Crippen LogP contribution in [-0.4, -0.2) is 11.6 Å². The van der Waals surface area contributed by atoms with Gasteiger partial charge in [-0.05, 0) is 0 Å². The number of aliphatic hydroxyl groups excluding tert-OH is 1. The van der Waals surface area contributed by atoms with Crippen molar-refractivity contribution in [3.63, 3.8) is 0 Å². The molecule has 0 aromatic rings. The SMILES string of the molecule is O=[C-]O.[Cm]. The van der Waals surface area contributed by atoms with Crippen molar-refractivity contribution in [2.45, 2.75) is 0 Å². The van der Waals surface area contributed by atoms with Crippen LogP contribution in [0.15, 0.2) is 0 Å². The van der Waals surface area contributed by atoms with Crippen LogP contribution in [-0.2, 0) is 4.79 Å². The van der Waals surface area contributed by atoms with Gasteiger partial charge in [-0.3, -0.25) is 0 Å². The molecule has 26 valence electrons. The minimum atomic E-state index is 0. The van der Waals surface area contributed by atoms with Gasteiger partial charge in [0.15, 0.2) is 0 Å². The van der Waals surface area contributed by atoms with E-state index in [-0.39, 0.29) is 0 Å². The summed E-state index contributed by atoms with van der Waals surface area (Å²) in [4.78, 5) is 8.24. The van der Waals surface area contributed by atoms with Crippen LogP contribution in [0.2, 0.25) is 0 Å². The predicted molar refractivity (Wildman–Crippen MR) is 8.32 cm³/mol. The molecule has 2 nitrogen and oxygen atoms in total. The van der Waals surface area contributed by atoms with E-state index in [1.807, 2.05) is 0 Å². The predicted octanol–water partition coefficient (Wildman–Crippen LogP) is -0.388. The molecule has 0 aromatic heterocycles. The Bertz CT molecular complexity index is 13.5. The zero-order chi connectivity index (χ0) is 2.71. The number of hydrogen-bond acceptors (Lipinski definition) is 1. The Labute approximate surface area is 17.7 Å². The Balaban J connectivity index is 0. The van der Waals surface area contributed by atoms with Crippen molar-refractivity contribution in [1.29, 1.82) is 0 Å². The second kappa shape index (κ2) is 1.16. The molecular formula is CHCmO2-. The standard InChI is InChI=1S/CHO2.Cm/c2-1-3;/h(H,2,3);/q-1;. The molecule has 1 N–H and O–H groups in total. The third kappa shape index (κ3) is 0.0564. The van der Waals surface area contributed by atoms with Crippen LogP contribution in [0.4, 0.5) is 0 Å². The maximum atomic E-state index is 8.24. The molecule has 0 bridgehead atoms. The van der Waals surface area contributed by atoms with Crippen molar-refractivity contribution >= 4 is 6.47 Å². The van der Waals surface area contributed by atoms with Gasteiger partial charge in [0.1, 0.15) is 0 Å². The summed E-state index contributed by atoms with van der Waals surface area (Å²) >= 11 is 0. The van der Waals surface area contributed by atoms with Crippen LogP contribution in [0.5, 0.6) is 0 Å². The summed E-state index contributed by atoms with van der Waals surface area (Å²) < 4.78 is 0. The molecular weight excluding hydrogens is 291 g/mol. The zero-order valence-corrected chi connectivity index (χ0v) is 4.65. The minimum absolute atomic E-state index is 0. The molecule has 0 saturated carbocycles. The first-order chi connectivity index (χ1) is 1.41. The van der Waals surface area contributed by atoms with Gasteiger partial charge < -0.3 is 9.90 Å². The van der Waals surface area contributed by atoms with Crippen molar-refractivity contribution in [1.82, 2.24) is 0 Å². The molecule has 0 unspecified atom stereocenters. The molecule has 0 aliphatic carbocycles. The third-order valence-electron chi connectivity index (χ3n) is 0. The van der Waals surface area contributed by atoms with E-state index in [4.69, 9.17) is 9.90 Å². The van der Waals surface area contributed by atoms with Gasteiger partial charge in [-0.25, -0.2) is 0 Å². The van der Waals surface area contributed by atoms with Crippen molar-refractivity contribution in [2.24, 2.45) is 0 Å². The average Bonchev–Trinajstić information content (AvgIpc) is 0.918. The monoisotopic (exact) mass is 288 g/mol. The molecule has 0 saturated heterocycles. The van der Waals surface area contributed by atoms with E-state index < -0.39 is 0 Å². The molecule has 0 heterocycles. The van der Waals surface area contributed by atoms with Crippen molar-refractivity contribution in [2.75, 3.05) is 0 Å². The summed E-state index contributed by atoms with van der Waals surface area (Å²) in [5, 5.41) is 6.76. The Morgan fingerprint density at radius 2 is 1.75 bits per heavy atom. The zero-order valence-electron chi connectivity index (χ0n) is 1.71. The van der Waals surface area contributed by atoms with Crippen molar-refractivity contribution < 1.29 is 9.90 Å². The normalized spacial score (nSPS) is 3.00. The number of hydrogen-bond donors (Lipinski definition) is 1. The van der Waals surface area contributed by atoms with Crippen LogP contribution in [0, 0.1) is 0 Å². The fraction of sp³-hybridized carbons (Fsp3) is 0. The smallest absolute Gasteiger partial charge is 0 e. The molecule has 0 aliphatic rings. The van der Waals surface area contributed by atoms with E-state index in [0.717, 1.165) is 0 Å². The van der Waals surface area contributed by atoms with E-state index in [1.165, 1.54) is 0 Å². The van der Waals surface area contributed by atoms with E-state index in [2.05, 4.69) is 0 Å². The summed E-state index contributed by atoms with van der Waals surface area (Å²) in [6.45, 7) is 0.500. The first-order valence-electron chi connectivity index (χ1n) is 0.428. The second-order valence-corrected chi connectivity index (χ2v) is 0.0913. The Morgan fingerprint density at radius 1 is 1.75 bits per heavy atom. The maximum Gasteiger partial charge on any atom is 0 e. The summed E-state index contributed by atoms with van der Waals surface area (Å²) in [5.74, 6) is 0. The van der Waals surface area contributed by atoms with Gasteiger partial charge in [-0.1, -0.05) is 6.47 Å². The van der Waals surface area contributed by atoms with Gasteiger partial charge in [0.2, 0.25) is 0 Å².